The summed E-state index contributed by atoms with van der Waals surface area (Å²) >= 11 is 0. The largest absolute Gasteiger partial charge is 0.398 e. The van der Waals surface area contributed by atoms with Crippen molar-refractivity contribution in [3.8, 4) is 0 Å². The zero-order chi connectivity index (χ0) is 14.1. The Labute approximate surface area is 115 Å². The van der Waals surface area contributed by atoms with Crippen molar-refractivity contribution in [1.29, 1.82) is 0 Å². The summed E-state index contributed by atoms with van der Waals surface area (Å²) in [6, 6.07) is 5.05. The van der Waals surface area contributed by atoms with Crippen LogP contribution in [0.1, 0.15) is 12.8 Å². The van der Waals surface area contributed by atoms with Crippen LogP contribution in [-0.2, 0) is 9.59 Å². The number of hydrogen-bond acceptors (Lipinski definition) is 5. The lowest BCUT2D eigenvalue weighted by Crippen LogP contribution is -2.47. The lowest BCUT2D eigenvalue weighted by Gasteiger charge is -2.23. The number of carbonyl (C=O) groups excluding carboxylic acids is 2. The fourth-order valence-corrected chi connectivity index (χ4v) is 2.36. The van der Waals surface area contributed by atoms with Gasteiger partial charge >= 0.3 is 0 Å². The number of nitrogens with zero attached hydrogens (tertiary/aromatic N) is 1. The van der Waals surface area contributed by atoms with E-state index in [0.717, 1.165) is 16.5 Å². The lowest BCUT2D eigenvalue weighted by atomic mass is 10.0. The number of fused-ring (bicyclic) bond motifs is 1. The first kappa shape index (κ1) is 12.4. The Morgan fingerprint density at radius 1 is 1.25 bits per heavy atom. The number of benzene rings is 1. The number of rotatable bonds is 2. The molecule has 2 amide bonds. The third-order valence-corrected chi connectivity index (χ3v) is 3.42. The molecule has 1 unspecified atom stereocenters. The second kappa shape index (κ2) is 4.80. The van der Waals surface area contributed by atoms with Gasteiger partial charge in [-0.1, -0.05) is 0 Å². The molecule has 2 aromatic rings. The maximum absolute atomic E-state index is 11.8. The molecular formula is C14H14N4O2. The van der Waals surface area contributed by atoms with E-state index in [9.17, 15) is 9.59 Å². The van der Waals surface area contributed by atoms with Crippen LogP contribution in [0.25, 0.3) is 10.8 Å². The minimum Gasteiger partial charge on any atom is -0.398 e. The van der Waals surface area contributed by atoms with Crippen molar-refractivity contribution in [2.75, 3.05) is 11.1 Å². The molecule has 1 atom stereocenters. The van der Waals surface area contributed by atoms with Crippen molar-refractivity contribution in [2.45, 2.75) is 18.9 Å². The van der Waals surface area contributed by atoms with E-state index in [1.165, 1.54) is 0 Å². The van der Waals surface area contributed by atoms with Gasteiger partial charge in [0.1, 0.15) is 6.04 Å². The van der Waals surface area contributed by atoms with E-state index >= 15 is 0 Å². The Kier molecular flexibility index (Phi) is 2.98. The van der Waals surface area contributed by atoms with Gasteiger partial charge in [0.05, 0.1) is 0 Å². The molecule has 1 aliphatic rings. The lowest BCUT2D eigenvalue weighted by molar-refractivity contribution is -0.133. The Morgan fingerprint density at radius 2 is 2.10 bits per heavy atom. The number of aromatic nitrogens is 1. The van der Waals surface area contributed by atoms with Crippen LogP contribution < -0.4 is 16.4 Å². The maximum atomic E-state index is 11.8. The number of carbonyl (C=O) groups is 2. The molecule has 3 rings (SSSR count). The number of imide groups is 1. The highest BCUT2D eigenvalue weighted by molar-refractivity contribution is 6.04. The van der Waals surface area contributed by atoms with Crippen molar-refractivity contribution in [3.05, 3.63) is 30.6 Å². The molecule has 1 aromatic carbocycles. The maximum Gasteiger partial charge on any atom is 0.249 e. The monoisotopic (exact) mass is 270 g/mol. The Hall–Kier alpha value is -2.63. The second-order valence-electron chi connectivity index (χ2n) is 4.77. The molecular weight excluding hydrogens is 256 g/mol. The fourth-order valence-electron chi connectivity index (χ4n) is 2.36. The minimum atomic E-state index is -0.410. The van der Waals surface area contributed by atoms with E-state index in [1.807, 2.05) is 12.1 Å². The molecule has 0 aliphatic carbocycles. The molecule has 1 aliphatic heterocycles. The number of pyridine rings is 1. The zero-order valence-corrected chi connectivity index (χ0v) is 10.7. The minimum absolute atomic E-state index is 0.223. The molecule has 0 bridgehead atoms. The van der Waals surface area contributed by atoms with Gasteiger partial charge in [0.15, 0.2) is 0 Å². The van der Waals surface area contributed by atoms with Crippen LogP contribution in [0.3, 0.4) is 0 Å². The van der Waals surface area contributed by atoms with Crippen LogP contribution >= 0.6 is 0 Å². The summed E-state index contributed by atoms with van der Waals surface area (Å²) < 4.78 is 0. The smallest absolute Gasteiger partial charge is 0.249 e. The number of nitrogen functional groups attached to an aromatic ring is 1. The molecule has 2 heterocycles. The van der Waals surface area contributed by atoms with Crippen LogP contribution in [0.5, 0.6) is 0 Å². The van der Waals surface area contributed by atoms with Gasteiger partial charge in [-0.15, -0.1) is 0 Å². The molecule has 6 nitrogen and oxygen atoms in total. The highest BCUT2D eigenvalue weighted by Gasteiger charge is 2.26. The number of anilines is 2. The van der Waals surface area contributed by atoms with Gasteiger partial charge in [-0.25, -0.2) is 0 Å². The molecule has 4 N–H and O–H groups in total. The SMILES string of the molecule is Nc1ccc(NC2CCC(=O)NC2=O)c2ccncc12. The normalized spacial score (nSPS) is 18.9. The van der Waals surface area contributed by atoms with Gasteiger partial charge in [0, 0.05) is 41.0 Å². The summed E-state index contributed by atoms with van der Waals surface area (Å²) in [7, 11) is 0. The van der Waals surface area contributed by atoms with Crippen molar-refractivity contribution in [3.63, 3.8) is 0 Å². The van der Waals surface area contributed by atoms with Crippen LogP contribution in [0.4, 0.5) is 11.4 Å². The first-order valence-electron chi connectivity index (χ1n) is 6.37. The summed E-state index contributed by atoms with van der Waals surface area (Å²) in [5, 5.41) is 7.25. The molecule has 6 heteroatoms. The van der Waals surface area contributed by atoms with Gasteiger partial charge < -0.3 is 11.1 Å². The molecule has 1 fully saturated rings. The summed E-state index contributed by atoms with van der Waals surface area (Å²) in [6.07, 6.45) is 4.21. The third-order valence-electron chi connectivity index (χ3n) is 3.42. The number of amides is 2. The van der Waals surface area contributed by atoms with Crippen molar-refractivity contribution in [2.24, 2.45) is 0 Å². The quantitative estimate of drug-likeness (QED) is 0.559. The fraction of sp³-hybridized carbons (Fsp3) is 0.214. The third kappa shape index (κ3) is 2.16. The number of piperidine rings is 1. The van der Waals surface area contributed by atoms with E-state index in [4.69, 9.17) is 5.73 Å². The van der Waals surface area contributed by atoms with Crippen molar-refractivity contribution in [1.82, 2.24) is 10.3 Å². The number of nitrogens with two attached hydrogens (primary N) is 1. The Bertz CT molecular complexity index is 699. The van der Waals surface area contributed by atoms with Crippen molar-refractivity contribution < 1.29 is 9.59 Å². The van der Waals surface area contributed by atoms with Gasteiger partial charge in [-0.3, -0.25) is 19.9 Å². The van der Waals surface area contributed by atoms with Crippen molar-refractivity contribution >= 4 is 34.0 Å². The second-order valence-corrected chi connectivity index (χ2v) is 4.77. The van der Waals surface area contributed by atoms with E-state index in [2.05, 4.69) is 15.6 Å². The molecule has 0 saturated carbocycles. The Morgan fingerprint density at radius 3 is 2.90 bits per heavy atom. The topological polar surface area (TPSA) is 97.1 Å². The first-order chi connectivity index (χ1) is 9.65. The molecule has 1 aromatic heterocycles. The van der Waals surface area contributed by atoms with Gasteiger partial charge in [0.2, 0.25) is 11.8 Å². The van der Waals surface area contributed by atoms with E-state index in [0.29, 0.717) is 18.5 Å². The Balaban J connectivity index is 1.93. The van der Waals surface area contributed by atoms with Gasteiger partial charge in [-0.05, 0) is 24.6 Å². The van der Waals surface area contributed by atoms with E-state index < -0.39 is 6.04 Å². The number of hydrogen-bond donors (Lipinski definition) is 3. The summed E-state index contributed by atoms with van der Waals surface area (Å²) in [4.78, 5) is 27.0. The summed E-state index contributed by atoms with van der Waals surface area (Å²) in [6.45, 7) is 0. The molecule has 20 heavy (non-hydrogen) atoms. The van der Waals surface area contributed by atoms with Crippen LogP contribution in [0.15, 0.2) is 30.6 Å². The molecule has 1 saturated heterocycles. The number of nitrogens with one attached hydrogen (secondary N) is 2. The predicted octanol–water partition coefficient (Wildman–Crippen LogP) is 1.03. The molecule has 102 valence electrons. The predicted molar refractivity (Wildman–Crippen MR) is 75.9 cm³/mol. The first-order valence-corrected chi connectivity index (χ1v) is 6.37. The highest BCUT2D eigenvalue weighted by Crippen LogP contribution is 2.28. The molecule has 0 radical (unpaired) electrons. The van der Waals surface area contributed by atoms with Crippen LogP contribution in [-0.4, -0.2) is 22.8 Å². The van der Waals surface area contributed by atoms with Crippen LogP contribution in [0.2, 0.25) is 0 Å². The average molecular weight is 270 g/mol. The van der Waals surface area contributed by atoms with Gasteiger partial charge in [-0.2, -0.15) is 0 Å². The highest BCUT2D eigenvalue weighted by atomic mass is 16.2. The van der Waals surface area contributed by atoms with E-state index in [-0.39, 0.29) is 11.8 Å². The summed E-state index contributed by atoms with van der Waals surface area (Å²) in [5.41, 5.74) is 7.36. The standard InChI is InChI=1S/C14H14N4O2/c15-10-1-2-11(8-5-6-16-7-9(8)10)17-12-3-4-13(19)18-14(12)20/h1-2,5-7,12,17H,3-4,15H2,(H,18,19,20). The average Bonchev–Trinajstić information content (AvgIpc) is 2.45. The summed E-state index contributed by atoms with van der Waals surface area (Å²) in [5.74, 6) is -0.514. The molecule has 0 spiro atoms. The zero-order valence-electron chi connectivity index (χ0n) is 10.7. The van der Waals surface area contributed by atoms with Gasteiger partial charge in [0.25, 0.3) is 0 Å². The van der Waals surface area contributed by atoms with Crippen LogP contribution in [0, 0.1) is 0 Å². The van der Waals surface area contributed by atoms with E-state index in [1.54, 1.807) is 18.5 Å².